The van der Waals surface area contributed by atoms with E-state index in [1.54, 1.807) is 10.6 Å². The number of amides is 1. The maximum Gasteiger partial charge on any atom is 0.262 e. The highest BCUT2D eigenvalue weighted by Gasteiger charge is 2.11. The lowest BCUT2D eigenvalue weighted by molar-refractivity contribution is -0.118. The van der Waals surface area contributed by atoms with Gasteiger partial charge in [0, 0.05) is 13.1 Å². The summed E-state index contributed by atoms with van der Waals surface area (Å²) in [4.78, 5) is 28.9. The zero-order chi connectivity index (χ0) is 16.7. The summed E-state index contributed by atoms with van der Waals surface area (Å²) < 4.78 is 1.62. The van der Waals surface area contributed by atoms with E-state index in [4.69, 9.17) is 0 Å². The Morgan fingerprint density at radius 2 is 2.04 bits per heavy atom. The first-order valence-electron chi connectivity index (χ1n) is 8.06. The molecular formula is C17H23N3O2S. The van der Waals surface area contributed by atoms with Gasteiger partial charge in [-0.2, -0.15) is 0 Å². The molecule has 0 saturated heterocycles. The predicted octanol–water partition coefficient (Wildman–Crippen LogP) is 2.81. The number of nitrogens with one attached hydrogen (secondary N) is 1. The monoisotopic (exact) mass is 333 g/mol. The van der Waals surface area contributed by atoms with Gasteiger partial charge in [-0.3, -0.25) is 14.2 Å². The van der Waals surface area contributed by atoms with Crippen molar-refractivity contribution in [3.63, 3.8) is 0 Å². The molecular weight excluding hydrogens is 310 g/mol. The first-order valence-corrected chi connectivity index (χ1v) is 9.05. The smallest absolute Gasteiger partial charge is 0.262 e. The molecule has 23 heavy (non-hydrogen) atoms. The van der Waals surface area contributed by atoms with Crippen molar-refractivity contribution in [2.75, 3.05) is 12.3 Å². The molecule has 1 N–H and O–H groups in total. The van der Waals surface area contributed by atoms with Crippen LogP contribution in [0, 0.1) is 0 Å². The van der Waals surface area contributed by atoms with Gasteiger partial charge in [0.25, 0.3) is 5.56 Å². The Bertz CT molecular complexity index is 727. The fourth-order valence-electron chi connectivity index (χ4n) is 2.32. The van der Waals surface area contributed by atoms with Gasteiger partial charge in [-0.25, -0.2) is 4.98 Å². The van der Waals surface area contributed by atoms with Crippen LogP contribution in [0.3, 0.4) is 0 Å². The maximum atomic E-state index is 12.5. The van der Waals surface area contributed by atoms with Crippen molar-refractivity contribution in [2.24, 2.45) is 0 Å². The second-order valence-electron chi connectivity index (χ2n) is 5.31. The second-order valence-corrected chi connectivity index (χ2v) is 6.25. The minimum Gasteiger partial charge on any atom is -0.355 e. The van der Waals surface area contributed by atoms with Crippen LogP contribution in [0.15, 0.2) is 34.2 Å². The SMILES string of the molecule is CCCCCNC(=O)CSc1nc2ccccc2c(=O)n1CC. The van der Waals surface area contributed by atoms with Gasteiger partial charge in [0.2, 0.25) is 5.91 Å². The fourth-order valence-corrected chi connectivity index (χ4v) is 3.21. The van der Waals surface area contributed by atoms with Gasteiger partial charge in [0.1, 0.15) is 0 Å². The van der Waals surface area contributed by atoms with Gasteiger partial charge in [0.15, 0.2) is 5.16 Å². The standard InChI is InChI=1S/C17H23N3O2S/c1-3-5-8-11-18-15(21)12-23-17-19-14-10-7-6-9-13(14)16(22)20(17)4-2/h6-7,9-10H,3-5,8,11-12H2,1-2H3,(H,18,21). The van der Waals surface area contributed by atoms with E-state index >= 15 is 0 Å². The molecule has 0 bridgehead atoms. The number of hydrogen-bond acceptors (Lipinski definition) is 4. The summed E-state index contributed by atoms with van der Waals surface area (Å²) in [5.41, 5.74) is 0.622. The summed E-state index contributed by atoms with van der Waals surface area (Å²) in [5.74, 6) is 0.257. The van der Waals surface area contributed by atoms with Crippen molar-refractivity contribution < 1.29 is 4.79 Å². The van der Waals surface area contributed by atoms with E-state index in [1.807, 2.05) is 25.1 Å². The van der Waals surface area contributed by atoms with Gasteiger partial charge in [-0.15, -0.1) is 0 Å². The number of fused-ring (bicyclic) bond motifs is 1. The average Bonchev–Trinajstić information content (AvgIpc) is 2.57. The Balaban J connectivity index is 2.07. The van der Waals surface area contributed by atoms with Crippen LogP contribution in [0.25, 0.3) is 10.9 Å². The van der Waals surface area contributed by atoms with E-state index in [2.05, 4.69) is 17.2 Å². The van der Waals surface area contributed by atoms with Crippen LogP contribution in [0.1, 0.15) is 33.1 Å². The van der Waals surface area contributed by atoms with E-state index in [1.165, 1.54) is 11.8 Å². The average molecular weight is 333 g/mol. The molecule has 2 aromatic rings. The number of thioether (sulfide) groups is 1. The van der Waals surface area contributed by atoms with Crippen molar-refractivity contribution in [3.05, 3.63) is 34.6 Å². The molecule has 0 aliphatic carbocycles. The third kappa shape index (κ3) is 4.58. The van der Waals surface area contributed by atoms with Crippen LogP contribution in [0.2, 0.25) is 0 Å². The van der Waals surface area contributed by atoms with Crippen molar-refractivity contribution in [3.8, 4) is 0 Å². The summed E-state index contributed by atoms with van der Waals surface area (Å²) in [5, 5.41) is 4.11. The topological polar surface area (TPSA) is 64.0 Å². The van der Waals surface area contributed by atoms with Gasteiger partial charge >= 0.3 is 0 Å². The van der Waals surface area contributed by atoms with Gasteiger partial charge < -0.3 is 5.32 Å². The Hall–Kier alpha value is -1.82. The number of aromatic nitrogens is 2. The van der Waals surface area contributed by atoms with Gasteiger partial charge in [-0.05, 0) is 25.5 Å². The van der Waals surface area contributed by atoms with Crippen LogP contribution in [0.5, 0.6) is 0 Å². The maximum absolute atomic E-state index is 12.5. The summed E-state index contributed by atoms with van der Waals surface area (Å²) in [7, 11) is 0. The van der Waals surface area contributed by atoms with Crippen LogP contribution < -0.4 is 10.9 Å². The number of hydrogen-bond donors (Lipinski definition) is 1. The molecule has 124 valence electrons. The quantitative estimate of drug-likeness (QED) is 0.458. The molecule has 1 aromatic carbocycles. The molecule has 0 unspecified atom stereocenters. The minimum absolute atomic E-state index is 0.0174. The number of carbonyl (C=O) groups excluding carboxylic acids is 1. The van der Waals surface area contributed by atoms with Crippen LogP contribution in [-0.4, -0.2) is 27.8 Å². The molecule has 0 aliphatic heterocycles. The van der Waals surface area contributed by atoms with Gasteiger partial charge in [0.05, 0.1) is 16.7 Å². The Morgan fingerprint density at radius 1 is 1.26 bits per heavy atom. The van der Waals surface area contributed by atoms with E-state index in [0.29, 0.717) is 29.1 Å². The molecule has 0 aliphatic rings. The molecule has 0 atom stereocenters. The molecule has 5 nitrogen and oxygen atoms in total. The first kappa shape index (κ1) is 17.5. The van der Waals surface area contributed by atoms with Crippen LogP contribution in [-0.2, 0) is 11.3 Å². The first-order chi connectivity index (χ1) is 11.2. The summed E-state index contributed by atoms with van der Waals surface area (Å²) in [6.45, 7) is 5.29. The zero-order valence-electron chi connectivity index (χ0n) is 13.7. The number of carbonyl (C=O) groups is 1. The summed E-state index contributed by atoms with van der Waals surface area (Å²) in [6, 6.07) is 7.30. The number of unbranched alkanes of at least 4 members (excludes halogenated alkanes) is 2. The number of para-hydroxylation sites is 1. The molecule has 0 radical (unpaired) electrons. The van der Waals surface area contributed by atoms with Crippen molar-refractivity contribution in [2.45, 2.75) is 44.8 Å². The summed E-state index contributed by atoms with van der Waals surface area (Å²) in [6.07, 6.45) is 3.25. The van der Waals surface area contributed by atoms with Crippen LogP contribution >= 0.6 is 11.8 Å². The van der Waals surface area contributed by atoms with E-state index in [9.17, 15) is 9.59 Å². The van der Waals surface area contributed by atoms with E-state index < -0.39 is 0 Å². The summed E-state index contributed by atoms with van der Waals surface area (Å²) >= 11 is 1.31. The highest BCUT2D eigenvalue weighted by atomic mass is 32.2. The molecule has 1 amide bonds. The van der Waals surface area contributed by atoms with Gasteiger partial charge in [-0.1, -0.05) is 43.7 Å². The molecule has 0 saturated carbocycles. The number of rotatable bonds is 8. The third-order valence-electron chi connectivity index (χ3n) is 3.58. The van der Waals surface area contributed by atoms with E-state index in [0.717, 1.165) is 19.3 Å². The molecule has 1 aromatic heterocycles. The van der Waals surface area contributed by atoms with Crippen molar-refractivity contribution in [1.82, 2.24) is 14.9 Å². The predicted molar refractivity (Wildman–Crippen MR) is 94.9 cm³/mol. The number of nitrogens with zero attached hydrogens (tertiary/aromatic N) is 2. The molecule has 0 fully saturated rings. The van der Waals surface area contributed by atoms with Crippen molar-refractivity contribution >= 4 is 28.6 Å². The highest BCUT2D eigenvalue weighted by Crippen LogP contribution is 2.17. The third-order valence-corrected chi connectivity index (χ3v) is 4.55. The Kier molecular flexibility index (Phi) is 6.65. The second kappa shape index (κ2) is 8.72. The lowest BCUT2D eigenvalue weighted by Gasteiger charge is -2.11. The largest absolute Gasteiger partial charge is 0.355 e. The van der Waals surface area contributed by atoms with E-state index in [-0.39, 0.29) is 17.2 Å². The lowest BCUT2D eigenvalue weighted by atomic mass is 10.2. The molecule has 1 heterocycles. The zero-order valence-corrected chi connectivity index (χ0v) is 14.5. The fraction of sp³-hybridized carbons (Fsp3) is 0.471. The molecule has 0 spiro atoms. The lowest BCUT2D eigenvalue weighted by Crippen LogP contribution is -2.27. The van der Waals surface area contributed by atoms with Crippen molar-refractivity contribution in [1.29, 1.82) is 0 Å². The normalized spacial score (nSPS) is 10.9. The van der Waals surface area contributed by atoms with Crippen LogP contribution in [0.4, 0.5) is 0 Å². The Labute approximate surface area is 140 Å². The highest BCUT2D eigenvalue weighted by molar-refractivity contribution is 7.99. The number of benzene rings is 1. The Morgan fingerprint density at radius 3 is 2.78 bits per heavy atom. The molecule has 2 rings (SSSR count). The minimum atomic E-state index is -0.0519. The molecule has 6 heteroatoms.